The van der Waals surface area contributed by atoms with Crippen LogP contribution < -0.4 is 9.62 Å². The van der Waals surface area contributed by atoms with Crippen molar-refractivity contribution in [1.82, 2.24) is 10.2 Å². The predicted molar refractivity (Wildman–Crippen MR) is 134 cm³/mol. The number of benzene rings is 2. The number of para-hydroxylation sites is 1. The van der Waals surface area contributed by atoms with Crippen molar-refractivity contribution >= 4 is 21.6 Å². The van der Waals surface area contributed by atoms with Crippen LogP contribution in [0.4, 0.5) is 5.69 Å². The van der Waals surface area contributed by atoms with Gasteiger partial charge in [0.1, 0.15) is 6.54 Å². The average molecular weight is 472 g/mol. The minimum atomic E-state index is -3.88. The van der Waals surface area contributed by atoms with Crippen molar-refractivity contribution in [1.29, 1.82) is 0 Å². The summed E-state index contributed by atoms with van der Waals surface area (Å²) in [6.07, 6.45) is 6.50. The molecule has 1 unspecified atom stereocenters. The molecule has 0 saturated carbocycles. The second-order valence-electron chi connectivity index (χ2n) is 8.60. The first-order valence-electron chi connectivity index (χ1n) is 12.1. The third-order valence-corrected chi connectivity index (χ3v) is 8.20. The molecule has 1 aliphatic heterocycles. The van der Waals surface area contributed by atoms with E-state index in [-0.39, 0.29) is 17.3 Å². The standard InChI is InChI=1S/C26H37N3O3S/c1-3-22-13-8-9-17-25(22)29(33(31,32)24-15-6-5-7-16-24)21-26(30)27-18-12-20-28-19-11-10-14-23(28)4-2/h5-9,13,15-17,23H,3-4,10-12,14,18-21H2,1-2H3,(H,27,30). The van der Waals surface area contributed by atoms with Crippen LogP contribution in [-0.2, 0) is 21.2 Å². The number of amides is 1. The third-order valence-electron chi connectivity index (χ3n) is 6.42. The number of rotatable bonds is 11. The fourth-order valence-corrected chi connectivity index (χ4v) is 6.07. The van der Waals surface area contributed by atoms with Crippen LogP contribution in [0.1, 0.15) is 51.5 Å². The summed E-state index contributed by atoms with van der Waals surface area (Å²) in [5, 5.41) is 2.94. The highest BCUT2D eigenvalue weighted by Gasteiger charge is 2.28. The van der Waals surface area contributed by atoms with Gasteiger partial charge in [-0.15, -0.1) is 0 Å². The van der Waals surface area contributed by atoms with E-state index in [2.05, 4.69) is 17.1 Å². The van der Waals surface area contributed by atoms with Gasteiger partial charge in [-0.3, -0.25) is 9.10 Å². The van der Waals surface area contributed by atoms with E-state index in [1.54, 1.807) is 36.4 Å². The molecule has 0 aliphatic carbocycles. The van der Waals surface area contributed by atoms with E-state index in [1.807, 2.05) is 25.1 Å². The zero-order chi connectivity index (χ0) is 23.7. The van der Waals surface area contributed by atoms with Crippen molar-refractivity contribution in [2.45, 2.75) is 63.3 Å². The Morgan fingerprint density at radius 3 is 2.52 bits per heavy atom. The van der Waals surface area contributed by atoms with Gasteiger partial charge in [0.25, 0.3) is 10.0 Å². The van der Waals surface area contributed by atoms with Gasteiger partial charge in [-0.05, 0) is 62.4 Å². The number of hydrogen-bond acceptors (Lipinski definition) is 4. The number of nitrogens with zero attached hydrogens (tertiary/aromatic N) is 2. The van der Waals surface area contributed by atoms with E-state index in [0.29, 0.717) is 24.7 Å². The number of anilines is 1. The van der Waals surface area contributed by atoms with Crippen molar-refractivity contribution in [2.24, 2.45) is 0 Å². The lowest BCUT2D eigenvalue weighted by atomic mass is 10.00. The fourth-order valence-electron chi connectivity index (χ4n) is 4.59. The van der Waals surface area contributed by atoms with Crippen molar-refractivity contribution in [3.05, 3.63) is 60.2 Å². The molecule has 2 aromatic rings. The van der Waals surface area contributed by atoms with Gasteiger partial charge >= 0.3 is 0 Å². The Kier molecular flexibility index (Phi) is 9.32. The second kappa shape index (κ2) is 12.2. The first kappa shape index (κ1) is 25.2. The first-order chi connectivity index (χ1) is 16.0. The molecule has 0 radical (unpaired) electrons. The van der Waals surface area contributed by atoms with E-state index in [4.69, 9.17) is 0 Å². The Morgan fingerprint density at radius 2 is 1.79 bits per heavy atom. The molecule has 6 nitrogen and oxygen atoms in total. The van der Waals surface area contributed by atoms with Gasteiger partial charge < -0.3 is 10.2 Å². The lowest BCUT2D eigenvalue weighted by molar-refractivity contribution is -0.119. The van der Waals surface area contributed by atoms with Gasteiger partial charge in [-0.1, -0.05) is 56.7 Å². The van der Waals surface area contributed by atoms with Gasteiger partial charge in [0.15, 0.2) is 0 Å². The fraction of sp³-hybridized carbons (Fsp3) is 0.500. The summed E-state index contributed by atoms with van der Waals surface area (Å²) in [6, 6.07) is 16.3. The van der Waals surface area contributed by atoms with Crippen LogP contribution in [0.5, 0.6) is 0 Å². The third kappa shape index (κ3) is 6.58. The molecule has 1 saturated heterocycles. The number of aryl methyl sites for hydroxylation is 1. The van der Waals surface area contributed by atoms with Gasteiger partial charge in [0.2, 0.25) is 5.91 Å². The summed E-state index contributed by atoms with van der Waals surface area (Å²) in [7, 11) is -3.88. The molecule has 1 atom stereocenters. The van der Waals surface area contributed by atoms with Crippen molar-refractivity contribution < 1.29 is 13.2 Å². The van der Waals surface area contributed by atoms with Gasteiger partial charge in [0, 0.05) is 19.1 Å². The zero-order valence-corrected chi connectivity index (χ0v) is 20.7. The van der Waals surface area contributed by atoms with Crippen LogP contribution in [-0.4, -0.2) is 51.4 Å². The van der Waals surface area contributed by atoms with Gasteiger partial charge in [0.05, 0.1) is 10.6 Å². The van der Waals surface area contributed by atoms with Gasteiger partial charge in [-0.25, -0.2) is 8.42 Å². The highest BCUT2D eigenvalue weighted by Crippen LogP contribution is 2.27. The molecule has 1 heterocycles. The summed E-state index contributed by atoms with van der Waals surface area (Å²) >= 11 is 0. The summed E-state index contributed by atoms with van der Waals surface area (Å²) < 4.78 is 28.2. The van der Waals surface area contributed by atoms with Crippen LogP contribution in [0.2, 0.25) is 0 Å². The molecule has 2 aromatic carbocycles. The maximum atomic E-state index is 13.5. The molecule has 0 spiro atoms. The minimum absolute atomic E-state index is 0.180. The molecule has 3 rings (SSSR count). The molecule has 1 N–H and O–H groups in total. The topological polar surface area (TPSA) is 69.7 Å². The van der Waals surface area contributed by atoms with E-state index in [1.165, 1.54) is 23.6 Å². The molecule has 7 heteroatoms. The van der Waals surface area contributed by atoms with Crippen LogP contribution in [0.25, 0.3) is 0 Å². The number of likely N-dealkylation sites (tertiary alicyclic amines) is 1. The quantitative estimate of drug-likeness (QED) is 0.498. The molecule has 33 heavy (non-hydrogen) atoms. The lowest BCUT2D eigenvalue weighted by Crippen LogP contribution is -2.43. The summed E-state index contributed by atoms with van der Waals surface area (Å²) in [6.45, 7) is 6.61. The van der Waals surface area contributed by atoms with E-state index in [9.17, 15) is 13.2 Å². The summed E-state index contributed by atoms with van der Waals surface area (Å²) in [5.41, 5.74) is 1.44. The molecule has 1 amide bonds. The number of hydrogen-bond donors (Lipinski definition) is 1. The second-order valence-corrected chi connectivity index (χ2v) is 10.5. The first-order valence-corrected chi connectivity index (χ1v) is 13.6. The lowest BCUT2D eigenvalue weighted by Gasteiger charge is -2.35. The van der Waals surface area contributed by atoms with Crippen LogP contribution in [0.15, 0.2) is 59.5 Å². The maximum absolute atomic E-state index is 13.5. The number of sulfonamides is 1. The van der Waals surface area contributed by atoms with Crippen molar-refractivity contribution in [3.8, 4) is 0 Å². The number of nitrogens with one attached hydrogen (secondary N) is 1. The molecular weight excluding hydrogens is 434 g/mol. The number of carbonyl (C=O) groups excluding carboxylic acids is 1. The Labute approximate surface area is 199 Å². The zero-order valence-electron chi connectivity index (χ0n) is 19.9. The molecule has 1 fully saturated rings. The Morgan fingerprint density at radius 1 is 1.06 bits per heavy atom. The van der Waals surface area contributed by atoms with Crippen LogP contribution in [0.3, 0.4) is 0 Å². The average Bonchev–Trinajstić information content (AvgIpc) is 2.85. The Balaban J connectivity index is 1.68. The van der Waals surface area contributed by atoms with Crippen molar-refractivity contribution in [2.75, 3.05) is 30.5 Å². The van der Waals surface area contributed by atoms with Gasteiger partial charge in [-0.2, -0.15) is 0 Å². The minimum Gasteiger partial charge on any atom is -0.354 e. The van der Waals surface area contributed by atoms with E-state index >= 15 is 0 Å². The summed E-state index contributed by atoms with van der Waals surface area (Å²) in [5.74, 6) is -0.286. The predicted octanol–water partition coefficient (Wildman–Crippen LogP) is 4.22. The highest BCUT2D eigenvalue weighted by molar-refractivity contribution is 7.92. The van der Waals surface area contributed by atoms with Crippen LogP contribution in [0, 0.1) is 0 Å². The molecule has 1 aliphatic rings. The number of carbonyl (C=O) groups is 1. The summed E-state index contributed by atoms with van der Waals surface area (Å²) in [4.78, 5) is 15.6. The Bertz CT molecular complexity index is 995. The molecular formula is C26H37N3O3S. The number of piperidine rings is 1. The maximum Gasteiger partial charge on any atom is 0.264 e. The smallest absolute Gasteiger partial charge is 0.264 e. The van der Waals surface area contributed by atoms with E-state index in [0.717, 1.165) is 31.5 Å². The normalized spacial score (nSPS) is 17.0. The molecule has 0 bridgehead atoms. The van der Waals surface area contributed by atoms with Crippen molar-refractivity contribution in [3.63, 3.8) is 0 Å². The molecule has 0 aromatic heterocycles. The monoisotopic (exact) mass is 471 g/mol. The molecule has 180 valence electrons. The Hall–Kier alpha value is -2.38. The van der Waals surface area contributed by atoms with Crippen LogP contribution >= 0.6 is 0 Å². The highest BCUT2D eigenvalue weighted by atomic mass is 32.2. The largest absolute Gasteiger partial charge is 0.354 e. The van der Waals surface area contributed by atoms with E-state index < -0.39 is 10.0 Å². The SMILES string of the molecule is CCc1ccccc1N(CC(=O)NCCCN1CCCCC1CC)S(=O)(=O)c1ccccc1.